The molecule has 2 atom stereocenters. The van der Waals surface area contributed by atoms with Crippen LogP contribution in [0.3, 0.4) is 0 Å². The van der Waals surface area contributed by atoms with E-state index in [1.807, 2.05) is 12.2 Å². The number of rotatable bonds is 7. The highest BCUT2D eigenvalue weighted by Crippen LogP contribution is 2.35. The Labute approximate surface area is 152 Å². The lowest BCUT2D eigenvalue weighted by molar-refractivity contribution is -0.140. The van der Waals surface area contributed by atoms with Gasteiger partial charge in [0, 0.05) is 24.7 Å². The third-order valence-electron chi connectivity index (χ3n) is 4.65. The van der Waals surface area contributed by atoms with Gasteiger partial charge >= 0.3 is 0 Å². The Bertz CT molecular complexity index is 730. The van der Waals surface area contributed by atoms with Gasteiger partial charge in [0.2, 0.25) is 17.7 Å². The van der Waals surface area contributed by atoms with Gasteiger partial charge in [0.15, 0.2) is 0 Å². The van der Waals surface area contributed by atoms with E-state index >= 15 is 0 Å². The largest absolute Gasteiger partial charge is 0.489 e. The van der Waals surface area contributed by atoms with Gasteiger partial charge in [-0.1, -0.05) is 30.9 Å². The first-order valence-corrected chi connectivity index (χ1v) is 8.74. The van der Waals surface area contributed by atoms with Crippen LogP contribution in [0.1, 0.15) is 19.3 Å². The van der Waals surface area contributed by atoms with Crippen LogP contribution in [0.2, 0.25) is 0 Å². The van der Waals surface area contributed by atoms with E-state index in [4.69, 9.17) is 4.74 Å². The number of likely N-dealkylation sites (tertiary alicyclic amines) is 1. The van der Waals surface area contributed by atoms with Gasteiger partial charge in [-0.3, -0.25) is 19.3 Å². The summed E-state index contributed by atoms with van der Waals surface area (Å²) in [6, 6.07) is 7.04. The Balaban J connectivity index is 1.54. The summed E-state index contributed by atoms with van der Waals surface area (Å²) in [5, 5.41) is 2.77. The number of amides is 3. The summed E-state index contributed by atoms with van der Waals surface area (Å²) in [4.78, 5) is 38.2. The molecule has 1 N–H and O–H groups in total. The summed E-state index contributed by atoms with van der Waals surface area (Å²) >= 11 is 0. The number of nitrogens with zero attached hydrogens (tertiary/aromatic N) is 1. The second-order valence-electron chi connectivity index (χ2n) is 6.41. The number of hydrogen-bond acceptors (Lipinski definition) is 4. The minimum Gasteiger partial charge on any atom is -0.489 e. The van der Waals surface area contributed by atoms with Gasteiger partial charge in [-0.2, -0.15) is 0 Å². The normalized spacial score (nSPS) is 21.5. The maximum Gasteiger partial charge on any atom is 0.233 e. The number of imide groups is 1. The summed E-state index contributed by atoms with van der Waals surface area (Å²) < 4.78 is 5.43. The molecule has 1 fully saturated rings. The Morgan fingerprint density at radius 3 is 2.58 bits per heavy atom. The summed E-state index contributed by atoms with van der Waals surface area (Å²) in [5.74, 6) is -0.443. The van der Waals surface area contributed by atoms with Gasteiger partial charge in [-0.25, -0.2) is 0 Å². The SMILES string of the molecule is C=CCOc1cccc(NC(=O)CCN2C(=O)[C@H]3CC=CC[C@H]3C2=O)c1. The zero-order chi connectivity index (χ0) is 18.5. The van der Waals surface area contributed by atoms with Crippen LogP contribution < -0.4 is 10.1 Å². The summed E-state index contributed by atoms with van der Waals surface area (Å²) in [5.41, 5.74) is 0.605. The van der Waals surface area contributed by atoms with Crippen LogP contribution >= 0.6 is 0 Å². The monoisotopic (exact) mass is 354 g/mol. The number of ether oxygens (including phenoxy) is 1. The first kappa shape index (κ1) is 17.9. The van der Waals surface area contributed by atoms with Crippen molar-refractivity contribution < 1.29 is 19.1 Å². The van der Waals surface area contributed by atoms with E-state index < -0.39 is 0 Å². The molecule has 0 aromatic heterocycles. The zero-order valence-electron chi connectivity index (χ0n) is 14.5. The molecule has 1 aromatic rings. The third kappa shape index (κ3) is 3.85. The number of nitrogens with one attached hydrogen (secondary N) is 1. The molecule has 1 aromatic carbocycles. The molecular weight excluding hydrogens is 332 g/mol. The summed E-state index contributed by atoms with van der Waals surface area (Å²) in [6.45, 7) is 4.09. The van der Waals surface area contributed by atoms with E-state index in [1.165, 1.54) is 4.90 Å². The molecule has 1 saturated heterocycles. The molecule has 3 rings (SSSR count). The smallest absolute Gasteiger partial charge is 0.233 e. The van der Waals surface area contributed by atoms with Crippen LogP contribution in [0.4, 0.5) is 5.69 Å². The highest BCUT2D eigenvalue weighted by Gasteiger charge is 2.46. The number of anilines is 1. The van der Waals surface area contributed by atoms with Crippen molar-refractivity contribution in [3.8, 4) is 5.75 Å². The Kier molecular flexibility index (Phi) is 5.51. The molecule has 26 heavy (non-hydrogen) atoms. The molecule has 1 heterocycles. The van der Waals surface area contributed by atoms with Crippen molar-refractivity contribution >= 4 is 23.4 Å². The van der Waals surface area contributed by atoms with Gasteiger partial charge < -0.3 is 10.1 Å². The van der Waals surface area contributed by atoms with Gasteiger partial charge in [-0.15, -0.1) is 0 Å². The van der Waals surface area contributed by atoms with E-state index in [0.29, 0.717) is 30.9 Å². The number of carbonyl (C=O) groups excluding carboxylic acids is 3. The zero-order valence-corrected chi connectivity index (χ0v) is 14.5. The van der Waals surface area contributed by atoms with Gasteiger partial charge in [0.25, 0.3) is 0 Å². The second-order valence-corrected chi connectivity index (χ2v) is 6.41. The fourth-order valence-electron chi connectivity index (χ4n) is 3.34. The van der Waals surface area contributed by atoms with Crippen LogP contribution in [-0.4, -0.2) is 35.8 Å². The summed E-state index contributed by atoms with van der Waals surface area (Å²) in [7, 11) is 0. The van der Waals surface area contributed by atoms with E-state index in [2.05, 4.69) is 11.9 Å². The van der Waals surface area contributed by atoms with Gasteiger partial charge in [-0.05, 0) is 25.0 Å². The fraction of sp³-hybridized carbons (Fsp3) is 0.350. The van der Waals surface area contributed by atoms with Crippen molar-refractivity contribution in [3.05, 3.63) is 49.1 Å². The summed E-state index contributed by atoms with van der Waals surface area (Å²) in [6.07, 6.45) is 6.82. The van der Waals surface area contributed by atoms with Gasteiger partial charge in [0.05, 0.1) is 11.8 Å². The van der Waals surface area contributed by atoms with E-state index in [9.17, 15) is 14.4 Å². The minimum atomic E-state index is -0.255. The quantitative estimate of drug-likeness (QED) is 0.603. The van der Waals surface area contributed by atoms with Gasteiger partial charge in [0.1, 0.15) is 12.4 Å². The minimum absolute atomic E-state index is 0.0715. The molecule has 6 nitrogen and oxygen atoms in total. The lowest BCUT2D eigenvalue weighted by Crippen LogP contribution is -2.34. The molecular formula is C20H22N2O4. The number of allylic oxidation sites excluding steroid dienone is 2. The number of benzene rings is 1. The van der Waals surface area contributed by atoms with Crippen molar-refractivity contribution in [1.29, 1.82) is 0 Å². The molecule has 1 aliphatic heterocycles. The maximum absolute atomic E-state index is 12.4. The Hall–Kier alpha value is -2.89. The van der Waals surface area contributed by atoms with Crippen LogP contribution in [-0.2, 0) is 14.4 Å². The maximum atomic E-state index is 12.4. The van der Waals surface area contributed by atoms with Crippen molar-refractivity contribution in [2.24, 2.45) is 11.8 Å². The number of carbonyl (C=O) groups is 3. The van der Waals surface area contributed by atoms with Crippen molar-refractivity contribution in [3.63, 3.8) is 0 Å². The number of hydrogen-bond donors (Lipinski definition) is 1. The molecule has 3 amide bonds. The molecule has 0 saturated carbocycles. The van der Waals surface area contributed by atoms with Crippen molar-refractivity contribution in [1.82, 2.24) is 4.90 Å². The highest BCUT2D eigenvalue weighted by atomic mass is 16.5. The molecule has 0 radical (unpaired) electrons. The van der Waals surface area contributed by atoms with E-state index in [1.54, 1.807) is 30.3 Å². The van der Waals surface area contributed by atoms with Crippen LogP contribution in [0.25, 0.3) is 0 Å². The topological polar surface area (TPSA) is 75.7 Å². The molecule has 2 aliphatic rings. The highest BCUT2D eigenvalue weighted by molar-refractivity contribution is 6.05. The van der Waals surface area contributed by atoms with E-state index in [-0.39, 0.29) is 42.5 Å². The first-order valence-electron chi connectivity index (χ1n) is 8.74. The van der Waals surface area contributed by atoms with Crippen LogP contribution in [0.5, 0.6) is 5.75 Å². The van der Waals surface area contributed by atoms with Crippen molar-refractivity contribution in [2.75, 3.05) is 18.5 Å². The molecule has 0 unspecified atom stereocenters. The molecule has 1 aliphatic carbocycles. The third-order valence-corrected chi connectivity index (χ3v) is 4.65. The van der Waals surface area contributed by atoms with Crippen LogP contribution in [0.15, 0.2) is 49.1 Å². The average molecular weight is 354 g/mol. The second kappa shape index (κ2) is 7.99. The van der Waals surface area contributed by atoms with Crippen LogP contribution in [0, 0.1) is 11.8 Å². The number of fused-ring (bicyclic) bond motifs is 1. The van der Waals surface area contributed by atoms with E-state index in [0.717, 1.165) is 0 Å². The lowest BCUT2D eigenvalue weighted by atomic mass is 9.85. The lowest BCUT2D eigenvalue weighted by Gasteiger charge is -2.14. The van der Waals surface area contributed by atoms with Crippen molar-refractivity contribution in [2.45, 2.75) is 19.3 Å². The fourth-order valence-corrected chi connectivity index (χ4v) is 3.34. The molecule has 0 bridgehead atoms. The molecule has 136 valence electrons. The predicted octanol–water partition coefficient (Wildman–Crippen LogP) is 2.53. The first-order chi connectivity index (χ1) is 12.6. The Morgan fingerprint density at radius 2 is 1.92 bits per heavy atom. The Morgan fingerprint density at radius 1 is 1.23 bits per heavy atom. The standard InChI is InChI=1S/C20H22N2O4/c1-2-12-26-15-7-5-6-14(13-15)21-18(23)10-11-22-19(24)16-8-3-4-9-17(16)20(22)25/h2-7,13,16-17H,1,8-12H2,(H,21,23)/t16-,17+. The predicted molar refractivity (Wildman–Crippen MR) is 97.5 cm³/mol. The molecule has 6 heteroatoms. The molecule has 0 spiro atoms. The average Bonchev–Trinajstić information content (AvgIpc) is 2.89.